The van der Waals surface area contributed by atoms with Crippen LogP contribution in [0.15, 0.2) is 24.3 Å². The van der Waals surface area contributed by atoms with Crippen molar-refractivity contribution < 1.29 is 34.7 Å². The number of carbonyl (C=O) groups excluding carboxylic acids is 1. The van der Waals surface area contributed by atoms with Crippen LogP contribution in [0.4, 0.5) is 0 Å². The van der Waals surface area contributed by atoms with Crippen molar-refractivity contribution in [2.75, 3.05) is 7.11 Å². The number of ether oxygens (including phenoxy) is 2. The zero-order valence-electron chi connectivity index (χ0n) is 11.2. The van der Waals surface area contributed by atoms with Gasteiger partial charge in [0.2, 0.25) is 0 Å². The maximum Gasteiger partial charge on any atom is 0.187 e. The van der Waals surface area contributed by atoms with Crippen LogP contribution in [0.1, 0.15) is 5.56 Å². The molecule has 0 unspecified atom stereocenters. The number of phenols is 1. The minimum absolute atomic E-state index is 0.0261. The van der Waals surface area contributed by atoms with E-state index in [0.29, 0.717) is 5.56 Å². The molecule has 1 aliphatic rings. The molecule has 1 aromatic carbocycles. The summed E-state index contributed by atoms with van der Waals surface area (Å²) in [6.45, 7) is 0. The molecule has 0 radical (unpaired) electrons. The quantitative estimate of drug-likeness (QED) is 0.549. The lowest BCUT2D eigenvalue weighted by Crippen LogP contribution is -2.35. The van der Waals surface area contributed by atoms with Crippen molar-refractivity contribution in [1.29, 1.82) is 0 Å². The number of rotatable bonds is 4. The molecule has 7 heteroatoms. The lowest BCUT2D eigenvalue weighted by Gasteiger charge is -2.10. The van der Waals surface area contributed by atoms with Crippen molar-refractivity contribution in [2.24, 2.45) is 0 Å². The third kappa shape index (κ3) is 3.22. The minimum atomic E-state index is -1.59. The first kappa shape index (κ1) is 15.5. The first-order valence-corrected chi connectivity index (χ1v) is 6.22. The molecular weight excluding hydrogens is 280 g/mol. The monoisotopic (exact) mass is 296 g/mol. The highest BCUT2D eigenvalue weighted by atomic mass is 16.6. The number of benzene rings is 1. The molecule has 0 amide bonds. The van der Waals surface area contributed by atoms with Crippen LogP contribution in [0.2, 0.25) is 0 Å². The predicted octanol–water partition coefficient (Wildman–Crippen LogP) is -0.578. The van der Waals surface area contributed by atoms with Crippen LogP contribution in [-0.2, 0) is 9.53 Å². The molecule has 114 valence electrons. The fraction of sp³-hybridized carbons (Fsp3) is 0.357. The second-order valence-corrected chi connectivity index (χ2v) is 4.60. The summed E-state index contributed by atoms with van der Waals surface area (Å²) in [6, 6.07) is 4.50. The Morgan fingerprint density at radius 3 is 2.57 bits per heavy atom. The molecule has 0 aromatic heterocycles. The van der Waals surface area contributed by atoms with E-state index in [4.69, 9.17) is 9.47 Å². The van der Waals surface area contributed by atoms with Gasteiger partial charge in [0.25, 0.3) is 0 Å². The van der Waals surface area contributed by atoms with Crippen LogP contribution in [0.25, 0.3) is 6.08 Å². The highest BCUT2D eigenvalue weighted by Gasteiger charge is 2.44. The van der Waals surface area contributed by atoms with Crippen molar-refractivity contribution in [3.05, 3.63) is 29.8 Å². The first-order chi connectivity index (χ1) is 9.93. The summed E-state index contributed by atoms with van der Waals surface area (Å²) in [5.41, 5.74) is 0.589. The summed E-state index contributed by atoms with van der Waals surface area (Å²) in [5.74, 6) is -0.362. The topological polar surface area (TPSA) is 116 Å². The molecule has 1 heterocycles. The van der Waals surface area contributed by atoms with Gasteiger partial charge in [-0.3, -0.25) is 4.79 Å². The van der Waals surface area contributed by atoms with E-state index in [9.17, 15) is 25.2 Å². The number of aromatic hydroxyl groups is 1. The Bertz CT molecular complexity index is 554. The number of hydrogen-bond acceptors (Lipinski definition) is 7. The molecule has 0 aliphatic carbocycles. The van der Waals surface area contributed by atoms with Crippen molar-refractivity contribution in [1.82, 2.24) is 0 Å². The standard InChI is InChI=1S/C14H16O7/c1-20-10-6-7(2-4-8(10)15)3-5-9(16)13-11(17)12(18)14(19)21-13/h2-6,11-15,17-19H,1H3/b5-3+/t11-,12-,13+,14-/m1/s1. The summed E-state index contributed by atoms with van der Waals surface area (Å²) in [5, 5.41) is 37.6. The highest BCUT2D eigenvalue weighted by molar-refractivity contribution is 5.97. The van der Waals surface area contributed by atoms with Gasteiger partial charge < -0.3 is 29.9 Å². The highest BCUT2D eigenvalue weighted by Crippen LogP contribution is 2.27. The normalized spacial score (nSPS) is 29.0. The number of phenolic OH excluding ortho intramolecular Hbond substituents is 1. The number of ketones is 1. The molecular formula is C14H16O7. The van der Waals surface area contributed by atoms with Crippen LogP contribution >= 0.6 is 0 Å². The van der Waals surface area contributed by atoms with E-state index >= 15 is 0 Å². The van der Waals surface area contributed by atoms with E-state index in [1.54, 1.807) is 6.07 Å². The van der Waals surface area contributed by atoms with Gasteiger partial charge in [-0.05, 0) is 23.8 Å². The van der Waals surface area contributed by atoms with Gasteiger partial charge in [0.15, 0.2) is 29.7 Å². The molecule has 4 atom stereocenters. The fourth-order valence-electron chi connectivity index (χ4n) is 1.97. The van der Waals surface area contributed by atoms with E-state index in [1.807, 2.05) is 0 Å². The molecule has 1 saturated heterocycles. The second-order valence-electron chi connectivity index (χ2n) is 4.60. The van der Waals surface area contributed by atoms with E-state index in [0.717, 1.165) is 6.08 Å². The van der Waals surface area contributed by atoms with Gasteiger partial charge in [0.05, 0.1) is 7.11 Å². The van der Waals surface area contributed by atoms with Crippen LogP contribution in [-0.4, -0.2) is 57.9 Å². The smallest absolute Gasteiger partial charge is 0.187 e. The van der Waals surface area contributed by atoms with Gasteiger partial charge in [0.1, 0.15) is 12.2 Å². The number of aliphatic hydroxyl groups excluding tert-OH is 3. The molecule has 0 bridgehead atoms. The zero-order chi connectivity index (χ0) is 15.6. The predicted molar refractivity (Wildman–Crippen MR) is 71.6 cm³/mol. The molecule has 21 heavy (non-hydrogen) atoms. The van der Waals surface area contributed by atoms with Gasteiger partial charge in [-0.15, -0.1) is 0 Å². The Morgan fingerprint density at radius 2 is 2.00 bits per heavy atom. The van der Waals surface area contributed by atoms with Gasteiger partial charge in [-0.2, -0.15) is 0 Å². The van der Waals surface area contributed by atoms with Crippen LogP contribution in [0.5, 0.6) is 11.5 Å². The van der Waals surface area contributed by atoms with Crippen LogP contribution in [0, 0.1) is 0 Å². The lowest BCUT2D eigenvalue weighted by atomic mass is 10.1. The first-order valence-electron chi connectivity index (χ1n) is 6.22. The summed E-state index contributed by atoms with van der Waals surface area (Å²) in [4.78, 5) is 11.9. The Morgan fingerprint density at radius 1 is 1.29 bits per heavy atom. The van der Waals surface area contributed by atoms with Gasteiger partial charge >= 0.3 is 0 Å². The SMILES string of the molecule is COc1cc(/C=C/C(=O)[C@@H]2O[C@@H](O)[C@H](O)[C@H]2O)ccc1O. The lowest BCUT2D eigenvalue weighted by molar-refractivity contribution is -0.145. The summed E-state index contributed by atoms with van der Waals surface area (Å²) >= 11 is 0. The number of carbonyl (C=O) groups is 1. The molecule has 1 aliphatic heterocycles. The third-order valence-electron chi connectivity index (χ3n) is 3.16. The molecule has 7 nitrogen and oxygen atoms in total. The van der Waals surface area contributed by atoms with Gasteiger partial charge in [-0.1, -0.05) is 12.1 Å². The van der Waals surface area contributed by atoms with E-state index < -0.39 is 30.4 Å². The molecule has 4 N–H and O–H groups in total. The maximum absolute atomic E-state index is 11.9. The van der Waals surface area contributed by atoms with Crippen molar-refractivity contribution >= 4 is 11.9 Å². The Kier molecular flexibility index (Phi) is 4.59. The van der Waals surface area contributed by atoms with Crippen molar-refractivity contribution in [3.63, 3.8) is 0 Å². The summed E-state index contributed by atoms with van der Waals surface area (Å²) in [7, 11) is 1.40. The van der Waals surface area contributed by atoms with E-state index in [-0.39, 0.29) is 11.5 Å². The Hall–Kier alpha value is -1.93. The van der Waals surface area contributed by atoms with Crippen molar-refractivity contribution in [3.8, 4) is 11.5 Å². The minimum Gasteiger partial charge on any atom is -0.504 e. The second kappa shape index (κ2) is 6.23. The van der Waals surface area contributed by atoms with Gasteiger partial charge in [0, 0.05) is 0 Å². The average molecular weight is 296 g/mol. The third-order valence-corrected chi connectivity index (χ3v) is 3.16. The summed E-state index contributed by atoms with van der Waals surface area (Å²) in [6.07, 6.45) is -3.30. The molecule has 2 rings (SSSR count). The van der Waals surface area contributed by atoms with Gasteiger partial charge in [-0.25, -0.2) is 0 Å². The fourth-order valence-corrected chi connectivity index (χ4v) is 1.97. The molecule has 1 fully saturated rings. The Balaban J connectivity index is 2.09. The van der Waals surface area contributed by atoms with Crippen LogP contribution in [0.3, 0.4) is 0 Å². The number of hydrogen-bond donors (Lipinski definition) is 4. The van der Waals surface area contributed by atoms with E-state index in [2.05, 4.69) is 0 Å². The van der Waals surface area contributed by atoms with Crippen molar-refractivity contribution in [2.45, 2.75) is 24.6 Å². The Labute approximate surface area is 120 Å². The molecule has 0 saturated carbocycles. The summed E-state index contributed by atoms with van der Waals surface area (Å²) < 4.78 is 9.73. The number of methoxy groups -OCH3 is 1. The zero-order valence-corrected chi connectivity index (χ0v) is 11.2. The largest absolute Gasteiger partial charge is 0.504 e. The van der Waals surface area contributed by atoms with Crippen LogP contribution < -0.4 is 4.74 Å². The molecule has 0 spiro atoms. The average Bonchev–Trinajstić information content (AvgIpc) is 2.73. The molecule has 1 aromatic rings. The van der Waals surface area contributed by atoms with E-state index in [1.165, 1.54) is 25.3 Å². The number of aliphatic hydroxyl groups is 3. The maximum atomic E-state index is 11.9.